The quantitative estimate of drug-likeness (QED) is 0.693. The summed E-state index contributed by atoms with van der Waals surface area (Å²) >= 11 is 3.92. The fourth-order valence-electron chi connectivity index (χ4n) is 0.886. The van der Waals surface area contributed by atoms with Gasteiger partial charge in [-0.3, -0.25) is 0 Å². The van der Waals surface area contributed by atoms with Crippen LogP contribution in [0.2, 0.25) is 0 Å². The summed E-state index contributed by atoms with van der Waals surface area (Å²) in [5.41, 5.74) is 0.497. The molecule has 1 aromatic rings. The second-order valence-electron chi connectivity index (χ2n) is 2.26. The van der Waals surface area contributed by atoms with Crippen molar-refractivity contribution in [3.05, 3.63) is 35.1 Å². The molecular weight excluding hydrogens is 179 g/mol. The Hall–Kier alpha value is -1.03. The number of hydrogen-bond donors (Lipinski definition) is 2. The molecule has 0 spiro atoms. The highest BCUT2D eigenvalue weighted by Gasteiger charge is 2.09. The van der Waals surface area contributed by atoms with Crippen LogP contribution < -0.4 is 0 Å². The highest BCUT2D eigenvalue weighted by atomic mass is 32.1. The van der Waals surface area contributed by atoms with Crippen LogP contribution in [0.15, 0.2) is 18.2 Å². The van der Waals surface area contributed by atoms with Crippen molar-refractivity contribution >= 4 is 18.6 Å². The maximum Gasteiger partial charge on any atom is 0.336 e. The van der Waals surface area contributed by atoms with E-state index in [4.69, 9.17) is 5.11 Å². The molecule has 0 amide bonds. The molecule has 0 radical (unpaired) electrons. The Morgan fingerprint density at radius 1 is 1.58 bits per heavy atom. The Labute approximate surface area is 74.4 Å². The summed E-state index contributed by atoms with van der Waals surface area (Å²) in [6, 6.07) is 3.64. The lowest BCUT2D eigenvalue weighted by Crippen LogP contribution is -2.01. The summed E-state index contributed by atoms with van der Waals surface area (Å²) in [4.78, 5) is 10.5. The number of benzene rings is 1. The normalized spacial score (nSPS) is 9.83. The van der Waals surface area contributed by atoms with E-state index in [1.807, 2.05) is 0 Å². The summed E-state index contributed by atoms with van der Waals surface area (Å²) in [6.07, 6.45) is 0. The minimum atomic E-state index is -1.13. The van der Waals surface area contributed by atoms with E-state index in [1.54, 1.807) is 0 Å². The summed E-state index contributed by atoms with van der Waals surface area (Å²) in [5.74, 6) is -1.38. The van der Waals surface area contributed by atoms with E-state index in [1.165, 1.54) is 12.1 Å². The highest BCUT2D eigenvalue weighted by molar-refractivity contribution is 7.79. The van der Waals surface area contributed by atoms with Crippen molar-refractivity contribution in [1.82, 2.24) is 0 Å². The molecule has 0 unspecified atom stereocenters. The SMILES string of the molecule is O=C(O)c1cc(F)ccc1CS. The van der Waals surface area contributed by atoms with Crippen molar-refractivity contribution in [2.45, 2.75) is 5.75 Å². The predicted molar refractivity (Wildman–Crippen MR) is 46.0 cm³/mol. The number of aromatic carboxylic acids is 1. The van der Waals surface area contributed by atoms with Crippen LogP contribution in [0.5, 0.6) is 0 Å². The average Bonchev–Trinajstić information content (AvgIpc) is 2.04. The van der Waals surface area contributed by atoms with Gasteiger partial charge in [0.1, 0.15) is 5.82 Å². The van der Waals surface area contributed by atoms with Crippen LogP contribution in [0.1, 0.15) is 15.9 Å². The molecule has 0 bridgehead atoms. The smallest absolute Gasteiger partial charge is 0.336 e. The Morgan fingerprint density at radius 3 is 2.75 bits per heavy atom. The summed E-state index contributed by atoms with van der Waals surface area (Å²) < 4.78 is 12.6. The van der Waals surface area contributed by atoms with Crippen molar-refractivity contribution in [2.75, 3.05) is 0 Å². The molecule has 0 aliphatic heterocycles. The molecule has 4 heteroatoms. The van der Waals surface area contributed by atoms with Gasteiger partial charge in [-0.2, -0.15) is 12.6 Å². The molecule has 0 saturated carbocycles. The molecule has 0 saturated heterocycles. The molecular formula is C8H7FO2S. The number of rotatable bonds is 2. The fraction of sp³-hybridized carbons (Fsp3) is 0.125. The molecule has 0 heterocycles. The van der Waals surface area contributed by atoms with E-state index in [2.05, 4.69) is 12.6 Å². The monoisotopic (exact) mass is 186 g/mol. The van der Waals surface area contributed by atoms with Crippen LogP contribution in [-0.4, -0.2) is 11.1 Å². The molecule has 12 heavy (non-hydrogen) atoms. The van der Waals surface area contributed by atoms with Gasteiger partial charge in [-0.05, 0) is 17.7 Å². The predicted octanol–water partition coefficient (Wildman–Crippen LogP) is 1.95. The molecule has 1 rings (SSSR count). The topological polar surface area (TPSA) is 37.3 Å². The van der Waals surface area contributed by atoms with Gasteiger partial charge >= 0.3 is 5.97 Å². The van der Waals surface area contributed by atoms with Crippen molar-refractivity contribution < 1.29 is 14.3 Å². The van der Waals surface area contributed by atoms with Crippen molar-refractivity contribution in [1.29, 1.82) is 0 Å². The molecule has 2 nitrogen and oxygen atoms in total. The Bertz CT molecular complexity index is 312. The third kappa shape index (κ3) is 1.76. The van der Waals surface area contributed by atoms with Crippen LogP contribution >= 0.6 is 12.6 Å². The van der Waals surface area contributed by atoms with Gasteiger partial charge < -0.3 is 5.11 Å². The van der Waals surface area contributed by atoms with Crippen LogP contribution in [0, 0.1) is 5.82 Å². The van der Waals surface area contributed by atoms with Gasteiger partial charge in [-0.25, -0.2) is 9.18 Å². The number of carboxylic acid groups (broad SMARTS) is 1. The van der Waals surface area contributed by atoms with Crippen molar-refractivity contribution in [3.63, 3.8) is 0 Å². The van der Waals surface area contributed by atoms with Crippen LogP contribution in [0.25, 0.3) is 0 Å². The number of halogens is 1. The summed E-state index contributed by atoms with van der Waals surface area (Å²) in [5, 5.41) is 8.62. The molecule has 0 aliphatic rings. The van der Waals surface area contributed by atoms with Crippen LogP contribution in [-0.2, 0) is 5.75 Å². The first-order chi connectivity index (χ1) is 5.65. The largest absolute Gasteiger partial charge is 0.478 e. The number of hydrogen-bond acceptors (Lipinski definition) is 2. The Balaban J connectivity index is 3.21. The molecule has 0 fully saturated rings. The van der Waals surface area contributed by atoms with Gasteiger partial charge in [-0.15, -0.1) is 0 Å². The van der Waals surface area contributed by atoms with Gasteiger partial charge in [0.2, 0.25) is 0 Å². The lowest BCUT2D eigenvalue weighted by Gasteiger charge is -2.01. The minimum Gasteiger partial charge on any atom is -0.478 e. The molecule has 1 N–H and O–H groups in total. The zero-order valence-electron chi connectivity index (χ0n) is 6.12. The second kappa shape index (κ2) is 3.58. The first-order valence-electron chi connectivity index (χ1n) is 3.27. The second-order valence-corrected chi connectivity index (χ2v) is 2.58. The number of thiol groups is 1. The van der Waals surface area contributed by atoms with E-state index >= 15 is 0 Å². The van der Waals surface area contributed by atoms with E-state index in [-0.39, 0.29) is 5.56 Å². The average molecular weight is 186 g/mol. The Kier molecular flexibility index (Phi) is 2.70. The Morgan fingerprint density at radius 2 is 2.25 bits per heavy atom. The fourth-order valence-corrected chi connectivity index (χ4v) is 1.16. The maximum absolute atomic E-state index is 12.6. The first kappa shape index (κ1) is 9.06. The van der Waals surface area contributed by atoms with E-state index in [9.17, 15) is 9.18 Å². The molecule has 1 aromatic carbocycles. The van der Waals surface area contributed by atoms with Gasteiger partial charge in [0, 0.05) is 5.75 Å². The standard InChI is InChI=1S/C8H7FO2S/c9-6-2-1-5(4-12)7(3-6)8(10)11/h1-3,12H,4H2,(H,10,11). The lowest BCUT2D eigenvalue weighted by molar-refractivity contribution is 0.0695. The lowest BCUT2D eigenvalue weighted by atomic mass is 10.1. The van der Waals surface area contributed by atoms with Crippen LogP contribution in [0.4, 0.5) is 4.39 Å². The van der Waals surface area contributed by atoms with Gasteiger partial charge in [-0.1, -0.05) is 6.07 Å². The van der Waals surface area contributed by atoms with Gasteiger partial charge in [0.05, 0.1) is 5.56 Å². The first-order valence-corrected chi connectivity index (χ1v) is 3.91. The molecule has 0 aliphatic carbocycles. The summed E-state index contributed by atoms with van der Waals surface area (Å²) in [6.45, 7) is 0. The molecule has 0 aromatic heterocycles. The van der Waals surface area contributed by atoms with Crippen molar-refractivity contribution in [2.24, 2.45) is 0 Å². The van der Waals surface area contributed by atoms with Gasteiger partial charge in [0.25, 0.3) is 0 Å². The zero-order valence-corrected chi connectivity index (χ0v) is 7.01. The minimum absolute atomic E-state index is 0.0231. The van der Waals surface area contributed by atoms with Crippen molar-refractivity contribution in [3.8, 4) is 0 Å². The van der Waals surface area contributed by atoms with Crippen LogP contribution in [0.3, 0.4) is 0 Å². The van der Waals surface area contributed by atoms with E-state index in [0.29, 0.717) is 11.3 Å². The maximum atomic E-state index is 12.6. The van der Waals surface area contributed by atoms with E-state index in [0.717, 1.165) is 6.07 Å². The number of carboxylic acids is 1. The van der Waals surface area contributed by atoms with Gasteiger partial charge in [0.15, 0.2) is 0 Å². The summed E-state index contributed by atoms with van der Waals surface area (Å²) in [7, 11) is 0. The third-order valence-corrected chi connectivity index (χ3v) is 1.81. The highest BCUT2D eigenvalue weighted by Crippen LogP contribution is 2.13. The van der Waals surface area contributed by atoms with E-state index < -0.39 is 11.8 Å². The molecule has 64 valence electrons. The zero-order chi connectivity index (χ0) is 9.14. The number of carbonyl (C=O) groups is 1. The third-order valence-electron chi connectivity index (χ3n) is 1.47. The molecule has 0 atom stereocenters.